The normalized spacial score (nSPS) is 20.0. The van der Waals surface area contributed by atoms with Gasteiger partial charge in [0.1, 0.15) is 17.8 Å². The van der Waals surface area contributed by atoms with Crippen molar-refractivity contribution in [3.63, 3.8) is 0 Å². The van der Waals surface area contributed by atoms with Gasteiger partial charge in [0.25, 0.3) is 0 Å². The Kier molecular flexibility index (Phi) is 11.5. The van der Waals surface area contributed by atoms with E-state index in [0.717, 1.165) is 11.1 Å². The molecule has 10 nitrogen and oxygen atoms in total. The van der Waals surface area contributed by atoms with Crippen LogP contribution < -0.4 is 27.8 Å². The van der Waals surface area contributed by atoms with Gasteiger partial charge in [0.2, 0.25) is 17.7 Å². The quantitative estimate of drug-likeness (QED) is 0.311. The summed E-state index contributed by atoms with van der Waals surface area (Å²) in [6, 6.07) is 7.60. The van der Waals surface area contributed by atoms with E-state index in [9.17, 15) is 19.5 Å². The number of fused-ring (bicyclic) bond motifs is 5. The van der Waals surface area contributed by atoms with Gasteiger partial charge in [-0.3, -0.25) is 14.4 Å². The van der Waals surface area contributed by atoms with Crippen molar-refractivity contribution < 1.29 is 19.5 Å². The lowest BCUT2D eigenvalue weighted by atomic mass is 9.95. The first-order valence-corrected chi connectivity index (χ1v) is 12.6. The Bertz CT molecular complexity index is 1140. The number of hydrogen-bond acceptors (Lipinski definition) is 7. The lowest BCUT2D eigenvalue weighted by molar-refractivity contribution is -0.142. The summed E-state index contributed by atoms with van der Waals surface area (Å²) in [6.45, 7) is 0.797. The van der Waals surface area contributed by atoms with Crippen LogP contribution in [0.1, 0.15) is 31.4 Å². The number of benzene rings is 2. The zero-order valence-electron chi connectivity index (χ0n) is 20.9. The fraction of sp³-hybridized carbons (Fsp3) is 0.444. The van der Waals surface area contributed by atoms with E-state index in [2.05, 4.69) is 10.6 Å². The summed E-state index contributed by atoms with van der Waals surface area (Å²) < 4.78 is 0. The molecule has 3 atom stereocenters. The Labute approximate surface area is 228 Å². The molecule has 11 heteroatoms. The van der Waals surface area contributed by atoms with Gasteiger partial charge in [-0.2, -0.15) is 0 Å². The van der Waals surface area contributed by atoms with E-state index < -0.39 is 29.9 Å². The molecule has 3 amide bonds. The molecule has 0 fully saturated rings. The van der Waals surface area contributed by atoms with E-state index in [-0.39, 0.29) is 51.4 Å². The molecular weight excluding hydrogens is 508 g/mol. The number of rotatable bonds is 6. The lowest BCUT2D eigenvalue weighted by Crippen LogP contribution is -2.57. The maximum absolute atomic E-state index is 13.6. The summed E-state index contributed by atoms with van der Waals surface area (Å²) in [5.41, 5.74) is 20.2. The highest BCUT2D eigenvalue weighted by molar-refractivity contribution is 6.31. The molecule has 38 heavy (non-hydrogen) atoms. The molecule has 2 aromatic carbocycles. The van der Waals surface area contributed by atoms with E-state index in [0.29, 0.717) is 29.1 Å². The van der Waals surface area contributed by atoms with Gasteiger partial charge in [0.05, 0.1) is 6.04 Å². The Balaban J connectivity index is 0.00000507. The Morgan fingerprint density at radius 1 is 1.11 bits per heavy atom. The number of amides is 3. The highest BCUT2D eigenvalue weighted by atomic mass is 35.5. The average molecular weight is 547 g/mol. The number of hydrogen-bond donors (Lipinski definition) is 6. The number of likely N-dealkylation sites (N-methyl/N-ethyl adjacent to an activating group) is 1. The topological polar surface area (TPSA) is 177 Å². The van der Waals surface area contributed by atoms with Crippen molar-refractivity contribution in [3.8, 4) is 16.9 Å². The third-order valence-corrected chi connectivity index (χ3v) is 6.89. The second kappa shape index (κ2) is 14.1. The zero-order valence-corrected chi connectivity index (χ0v) is 21.6. The Morgan fingerprint density at radius 2 is 1.76 bits per heavy atom. The molecule has 0 saturated carbocycles. The summed E-state index contributed by atoms with van der Waals surface area (Å²) in [5.74, 6) is -1.37. The SMILES string of the molecule is C.CN1C(=O)[C@H](CCCN)NC(=O)[C@@H](N)Cc2cc(ccc2O)-c2ccc(Cl)c(c2)C[C@H]1C(=O)NCCN. The molecule has 0 aromatic heterocycles. The molecule has 0 unspecified atom stereocenters. The van der Waals surface area contributed by atoms with Crippen LogP contribution in [0.3, 0.4) is 0 Å². The predicted molar refractivity (Wildman–Crippen MR) is 150 cm³/mol. The van der Waals surface area contributed by atoms with E-state index in [1.54, 1.807) is 24.3 Å². The van der Waals surface area contributed by atoms with Crippen molar-refractivity contribution >= 4 is 29.3 Å². The minimum Gasteiger partial charge on any atom is -0.508 e. The van der Waals surface area contributed by atoms with Gasteiger partial charge in [0.15, 0.2) is 0 Å². The van der Waals surface area contributed by atoms with Crippen molar-refractivity contribution in [1.82, 2.24) is 15.5 Å². The highest BCUT2D eigenvalue weighted by Gasteiger charge is 2.33. The van der Waals surface area contributed by atoms with Crippen LogP contribution in [0, 0.1) is 0 Å². The van der Waals surface area contributed by atoms with Crippen LogP contribution in [-0.2, 0) is 27.2 Å². The van der Waals surface area contributed by atoms with Crippen LogP contribution in [-0.4, -0.2) is 72.5 Å². The molecule has 0 radical (unpaired) electrons. The summed E-state index contributed by atoms with van der Waals surface area (Å²) in [6.07, 6.45) is 0.934. The number of nitrogens with two attached hydrogens (primary N) is 3. The van der Waals surface area contributed by atoms with E-state index >= 15 is 0 Å². The molecule has 208 valence electrons. The minimum atomic E-state index is -1.02. The molecule has 9 N–H and O–H groups in total. The smallest absolute Gasteiger partial charge is 0.245 e. The molecule has 1 aliphatic heterocycles. The maximum atomic E-state index is 13.6. The van der Waals surface area contributed by atoms with Gasteiger partial charge in [-0.15, -0.1) is 0 Å². The van der Waals surface area contributed by atoms with Gasteiger partial charge < -0.3 is 37.8 Å². The second-order valence-electron chi connectivity index (χ2n) is 9.20. The number of carbonyl (C=O) groups excluding carboxylic acids is 3. The van der Waals surface area contributed by atoms with Crippen LogP contribution in [0.5, 0.6) is 5.75 Å². The highest BCUT2D eigenvalue weighted by Crippen LogP contribution is 2.30. The molecule has 0 aliphatic carbocycles. The number of aromatic hydroxyl groups is 1. The van der Waals surface area contributed by atoms with Crippen molar-refractivity contribution in [2.24, 2.45) is 17.2 Å². The Hall–Kier alpha value is -3.18. The van der Waals surface area contributed by atoms with Crippen molar-refractivity contribution in [1.29, 1.82) is 0 Å². The zero-order chi connectivity index (χ0) is 27.1. The number of phenols is 1. The van der Waals surface area contributed by atoms with Crippen LogP contribution >= 0.6 is 11.6 Å². The van der Waals surface area contributed by atoms with E-state index in [1.165, 1.54) is 11.9 Å². The van der Waals surface area contributed by atoms with Crippen LogP contribution in [0.25, 0.3) is 11.1 Å². The van der Waals surface area contributed by atoms with Crippen LogP contribution in [0.2, 0.25) is 5.02 Å². The number of nitrogens with zero attached hydrogens (tertiary/aromatic N) is 1. The molecule has 1 aliphatic rings. The summed E-state index contributed by atoms with van der Waals surface area (Å²) in [7, 11) is 1.52. The second-order valence-corrected chi connectivity index (χ2v) is 9.61. The van der Waals surface area contributed by atoms with Crippen LogP contribution in [0.15, 0.2) is 36.4 Å². The fourth-order valence-electron chi connectivity index (χ4n) is 4.35. The van der Waals surface area contributed by atoms with Crippen molar-refractivity contribution in [3.05, 3.63) is 52.5 Å². The maximum Gasteiger partial charge on any atom is 0.245 e. The standard InChI is InChI=1S/C26H35ClN6O4.CH4/c1-33-22(25(36)31-10-9-29)14-17-11-15(4-6-19(17)27)16-5-7-23(34)18(12-16)13-20(30)24(35)32-21(26(33)37)3-2-8-28;/h4-7,11-12,20-22,34H,2-3,8-10,13-14,28-30H2,1H3,(H,31,36)(H,32,35);1H4/t20-,21-,22-;/m0./s1. The number of nitrogens with one attached hydrogen (secondary N) is 2. The first kappa shape index (κ1) is 31.0. The van der Waals surface area contributed by atoms with E-state index in [4.69, 9.17) is 28.8 Å². The van der Waals surface area contributed by atoms with Gasteiger partial charge in [-0.05, 0) is 65.9 Å². The average Bonchev–Trinajstić information content (AvgIpc) is 2.89. The lowest BCUT2D eigenvalue weighted by Gasteiger charge is -2.31. The monoisotopic (exact) mass is 546 g/mol. The molecule has 4 bridgehead atoms. The molecule has 0 spiro atoms. The van der Waals surface area contributed by atoms with Gasteiger partial charge in [0, 0.05) is 38.0 Å². The molecule has 2 aromatic rings. The summed E-state index contributed by atoms with van der Waals surface area (Å²) >= 11 is 6.53. The first-order chi connectivity index (χ1) is 17.7. The van der Waals surface area contributed by atoms with Gasteiger partial charge >= 0.3 is 0 Å². The molecular formula is C27H39ClN6O4. The Morgan fingerprint density at radius 3 is 2.42 bits per heavy atom. The number of phenolic OH excluding ortho intramolecular Hbond substituents is 1. The third-order valence-electron chi connectivity index (χ3n) is 6.52. The minimum absolute atomic E-state index is 0. The van der Waals surface area contributed by atoms with Gasteiger partial charge in [-0.1, -0.05) is 31.2 Å². The van der Waals surface area contributed by atoms with Crippen LogP contribution in [0.4, 0.5) is 0 Å². The number of carbonyl (C=O) groups is 3. The largest absolute Gasteiger partial charge is 0.508 e. The summed E-state index contributed by atoms with van der Waals surface area (Å²) in [5, 5.41) is 16.3. The first-order valence-electron chi connectivity index (χ1n) is 12.3. The molecule has 0 saturated heterocycles. The number of halogens is 1. The van der Waals surface area contributed by atoms with Gasteiger partial charge in [-0.25, -0.2) is 0 Å². The molecule has 1 heterocycles. The van der Waals surface area contributed by atoms with Crippen molar-refractivity contribution in [2.45, 2.75) is 51.2 Å². The predicted octanol–water partition coefficient (Wildman–Crippen LogP) is 0.900. The third kappa shape index (κ3) is 7.44. The van der Waals surface area contributed by atoms with Crippen molar-refractivity contribution in [2.75, 3.05) is 26.7 Å². The fourth-order valence-corrected chi connectivity index (χ4v) is 4.55. The molecule has 3 rings (SSSR count). The van der Waals surface area contributed by atoms with E-state index in [1.807, 2.05) is 12.1 Å². The summed E-state index contributed by atoms with van der Waals surface area (Å²) in [4.78, 5) is 41.1.